The molecule has 1 N–H and O–H groups in total. The summed E-state index contributed by atoms with van der Waals surface area (Å²) in [5.41, 5.74) is -1.84. The third-order valence-corrected chi connectivity index (χ3v) is 4.36. The first-order valence-electron chi connectivity index (χ1n) is 5.88. The van der Waals surface area contributed by atoms with Crippen LogP contribution in [0, 0.1) is 0 Å². The highest BCUT2D eigenvalue weighted by Crippen LogP contribution is 2.49. The zero-order valence-electron chi connectivity index (χ0n) is 9.53. The fraction of sp³-hybridized carbons (Fsp3) is 0.538. The van der Waals surface area contributed by atoms with Gasteiger partial charge in [-0.1, -0.05) is 37.5 Å². The van der Waals surface area contributed by atoms with E-state index >= 15 is 0 Å². The summed E-state index contributed by atoms with van der Waals surface area (Å²) >= 11 is 0.468. The highest BCUT2D eigenvalue weighted by atomic mass is 32.2. The maximum Gasteiger partial charge on any atom is 0.326 e. The van der Waals surface area contributed by atoms with Crippen molar-refractivity contribution in [1.82, 2.24) is 0 Å². The minimum Gasteiger partial charge on any atom is -0.383 e. The quantitative estimate of drug-likeness (QED) is 0.825. The molecule has 1 saturated carbocycles. The summed E-state index contributed by atoms with van der Waals surface area (Å²) in [7, 11) is 0. The van der Waals surface area contributed by atoms with E-state index in [0.717, 1.165) is 6.42 Å². The molecule has 17 heavy (non-hydrogen) atoms. The molecule has 1 aromatic carbocycles. The minimum absolute atomic E-state index is 0.194. The average molecular weight is 258 g/mol. The molecule has 1 nitrogen and oxygen atoms in total. The molecule has 0 bridgehead atoms. The van der Waals surface area contributed by atoms with Crippen LogP contribution in [0.4, 0.5) is 8.78 Å². The van der Waals surface area contributed by atoms with Crippen LogP contribution in [0.25, 0.3) is 0 Å². The first kappa shape index (κ1) is 12.8. The highest BCUT2D eigenvalue weighted by Gasteiger charge is 2.53. The molecule has 0 unspecified atom stereocenters. The van der Waals surface area contributed by atoms with Gasteiger partial charge in [0.05, 0.1) is 0 Å². The largest absolute Gasteiger partial charge is 0.383 e. The van der Waals surface area contributed by atoms with Crippen LogP contribution in [0.5, 0.6) is 0 Å². The third kappa shape index (κ3) is 2.80. The smallest absolute Gasteiger partial charge is 0.326 e. The van der Waals surface area contributed by atoms with Crippen LogP contribution in [-0.4, -0.2) is 16.0 Å². The summed E-state index contributed by atoms with van der Waals surface area (Å²) in [6, 6.07) is 8.53. The monoisotopic (exact) mass is 258 g/mol. The zero-order valence-corrected chi connectivity index (χ0v) is 10.4. The van der Waals surface area contributed by atoms with Crippen LogP contribution in [0.15, 0.2) is 35.2 Å². The van der Waals surface area contributed by atoms with Crippen LogP contribution in [0.2, 0.25) is 0 Å². The Morgan fingerprint density at radius 2 is 1.65 bits per heavy atom. The van der Waals surface area contributed by atoms with Gasteiger partial charge in [0.2, 0.25) is 0 Å². The van der Waals surface area contributed by atoms with E-state index in [-0.39, 0.29) is 12.8 Å². The molecule has 0 saturated heterocycles. The van der Waals surface area contributed by atoms with Gasteiger partial charge in [0, 0.05) is 4.90 Å². The lowest BCUT2D eigenvalue weighted by Crippen LogP contribution is -2.47. The van der Waals surface area contributed by atoms with Gasteiger partial charge in [-0.3, -0.25) is 0 Å². The third-order valence-electron chi connectivity index (χ3n) is 3.21. The summed E-state index contributed by atoms with van der Waals surface area (Å²) in [5, 5.41) is 6.97. The molecular weight excluding hydrogens is 242 g/mol. The Bertz CT molecular complexity index is 361. The van der Waals surface area contributed by atoms with Crippen molar-refractivity contribution in [3.8, 4) is 0 Å². The Morgan fingerprint density at radius 1 is 1.06 bits per heavy atom. The van der Waals surface area contributed by atoms with Crippen molar-refractivity contribution >= 4 is 11.8 Å². The van der Waals surface area contributed by atoms with E-state index in [1.54, 1.807) is 30.3 Å². The number of benzene rings is 1. The molecule has 0 heterocycles. The highest BCUT2D eigenvalue weighted by molar-refractivity contribution is 8.00. The first-order valence-corrected chi connectivity index (χ1v) is 6.69. The van der Waals surface area contributed by atoms with Gasteiger partial charge in [-0.25, -0.2) is 0 Å². The van der Waals surface area contributed by atoms with Crippen molar-refractivity contribution in [2.75, 3.05) is 0 Å². The Labute approximate surface area is 104 Å². The van der Waals surface area contributed by atoms with Gasteiger partial charge in [0.15, 0.2) is 0 Å². The van der Waals surface area contributed by atoms with Crippen molar-refractivity contribution in [3.05, 3.63) is 30.3 Å². The predicted octanol–water partition coefficient (Wildman–Crippen LogP) is 4.07. The van der Waals surface area contributed by atoms with E-state index in [4.69, 9.17) is 0 Å². The molecule has 1 aliphatic carbocycles. The number of alkyl halides is 2. The fourth-order valence-electron chi connectivity index (χ4n) is 2.16. The number of thioether (sulfide) groups is 1. The van der Waals surface area contributed by atoms with Gasteiger partial charge in [0.1, 0.15) is 5.60 Å². The second kappa shape index (κ2) is 4.94. The number of rotatable bonds is 3. The Morgan fingerprint density at radius 3 is 2.24 bits per heavy atom. The first-order chi connectivity index (χ1) is 8.04. The van der Waals surface area contributed by atoms with Crippen LogP contribution < -0.4 is 0 Å². The Balaban J connectivity index is 2.12. The van der Waals surface area contributed by atoms with Gasteiger partial charge < -0.3 is 5.11 Å². The van der Waals surface area contributed by atoms with Gasteiger partial charge >= 0.3 is 5.25 Å². The predicted molar refractivity (Wildman–Crippen MR) is 65.3 cm³/mol. The lowest BCUT2D eigenvalue weighted by molar-refractivity contribution is -0.138. The average Bonchev–Trinajstić information content (AvgIpc) is 2.30. The van der Waals surface area contributed by atoms with Crippen molar-refractivity contribution in [2.24, 2.45) is 0 Å². The molecule has 0 amide bonds. The van der Waals surface area contributed by atoms with E-state index in [9.17, 15) is 13.9 Å². The van der Waals surface area contributed by atoms with E-state index in [1.165, 1.54) is 0 Å². The molecule has 0 aliphatic heterocycles. The van der Waals surface area contributed by atoms with Crippen LogP contribution in [0.3, 0.4) is 0 Å². The molecule has 1 aromatic rings. The van der Waals surface area contributed by atoms with E-state index < -0.39 is 10.9 Å². The van der Waals surface area contributed by atoms with Gasteiger partial charge in [-0.2, -0.15) is 8.78 Å². The van der Waals surface area contributed by atoms with Crippen LogP contribution >= 0.6 is 11.8 Å². The summed E-state index contributed by atoms with van der Waals surface area (Å²) in [5.74, 6) is 0. The van der Waals surface area contributed by atoms with E-state index in [0.29, 0.717) is 29.5 Å². The van der Waals surface area contributed by atoms with E-state index in [1.807, 2.05) is 0 Å². The van der Waals surface area contributed by atoms with Gasteiger partial charge in [0.25, 0.3) is 0 Å². The molecule has 2 rings (SSSR count). The van der Waals surface area contributed by atoms with Crippen molar-refractivity contribution in [1.29, 1.82) is 0 Å². The summed E-state index contributed by atoms with van der Waals surface area (Å²) in [4.78, 5) is 0.497. The van der Waals surface area contributed by atoms with Gasteiger partial charge in [-0.15, -0.1) is 0 Å². The fourth-order valence-corrected chi connectivity index (χ4v) is 3.14. The van der Waals surface area contributed by atoms with Crippen molar-refractivity contribution < 1.29 is 13.9 Å². The van der Waals surface area contributed by atoms with E-state index in [2.05, 4.69) is 0 Å². The number of hydrogen-bond donors (Lipinski definition) is 1. The lowest BCUT2D eigenvalue weighted by Gasteiger charge is -2.38. The molecule has 0 radical (unpaired) electrons. The summed E-state index contributed by atoms with van der Waals surface area (Å²) in [6.07, 6.45) is 2.69. The molecule has 0 aromatic heterocycles. The maximum atomic E-state index is 14.1. The SMILES string of the molecule is OC1(C(F)(F)Sc2ccccc2)CCCCC1. The minimum atomic E-state index is -3.12. The Kier molecular flexibility index (Phi) is 3.73. The zero-order chi connectivity index (χ0) is 12.4. The number of hydrogen-bond acceptors (Lipinski definition) is 2. The second-order valence-corrected chi connectivity index (χ2v) is 5.71. The topological polar surface area (TPSA) is 20.2 Å². The molecule has 0 atom stereocenters. The molecule has 0 spiro atoms. The van der Waals surface area contributed by atoms with Crippen molar-refractivity contribution in [3.63, 3.8) is 0 Å². The van der Waals surface area contributed by atoms with Gasteiger partial charge in [-0.05, 0) is 36.7 Å². The molecular formula is C13H16F2OS. The number of aliphatic hydroxyl groups is 1. The lowest BCUT2D eigenvalue weighted by atomic mass is 9.85. The van der Waals surface area contributed by atoms with Crippen LogP contribution in [-0.2, 0) is 0 Å². The van der Waals surface area contributed by atoms with Crippen LogP contribution in [0.1, 0.15) is 32.1 Å². The summed E-state index contributed by atoms with van der Waals surface area (Å²) < 4.78 is 28.2. The molecule has 4 heteroatoms. The Hall–Kier alpha value is -0.610. The normalized spacial score (nSPS) is 20.2. The second-order valence-electron chi connectivity index (χ2n) is 4.52. The molecule has 1 aliphatic rings. The molecule has 1 fully saturated rings. The number of halogens is 2. The summed E-state index contributed by atoms with van der Waals surface area (Å²) in [6.45, 7) is 0. The maximum absolute atomic E-state index is 14.1. The van der Waals surface area contributed by atoms with Crippen molar-refractivity contribution in [2.45, 2.75) is 47.9 Å². The molecule has 94 valence electrons. The standard InChI is InChI=1S/C13H16F2OS/c14-13(15,12(16)9-5-2-6-10-12)17-11-7-3-1-4-8-11/h1,3-4,7-8,16H,2,5-6,9-10H2.